The number of hydrogen-bond donors (Lipinski definition) is 1. The first kappa shape index (κ1) is 10.6. The lowest BCUT2D eigenvalue weighted by molar-refractivity contribution is -0.415. The van der Waals surface area contributed by atoms with Gasteiger partial charge in [0, 0.05) is 12.6 Å². The van der Waals surface area contributed by atoms with Crippen LogP contribution in [0.5, 0.6) is 0 Å². The van der Waals surface area contributed by atoms with E-state index in [1.807, 2.05) is 19.1 Å². The van der Waals surface area contributed by atoms with Crippen LogP contribution in [0.2, 0.25) is 0 Å². The summed E-state index contributed by atoms with van der Waals surface area (Å²) in [5, 5.41) is 10.7. The van der Waals surface area contributed by atoms with Crippen LogP contribution in [0.1, 0.15) is 6.92 Å². The fourth-order valence-corrected chi connectivity index (χ4v) is 1.26. The molecule has 0 aromatic heterocycles. The van der Waals surface area contributed by atoms with E-state index in [0.717, 1.165) is 0 Å². The van der Waals surface area contributed by atoms with Crippen LogP contribution in [-0.2, 0) is 0 Å². The molecule has 0 aliphatic carbocycles. The highest BCUT2D eigenvalue weighted by molar-refractivity contribution is 5.99. The summed E-state index contributed by atoms with van der Waals surface area (Å²) >= 11 is 0. The lowest BCUT2D eigenvalue weighted by Gasteiger charge is -2.06. The Morgan fingerprint density at radius 1 is 1.79 bits per heavy atom. The van der Waals surface area contributed by atoms with Gasteiger partial charge < -0.3 is 5.73 Å². The minimum atomic E-state index is -0.429. The normalized spacial score (nSPS) is 22.0. The van der Waals surface area contributed by atoms with Crippen LogP contribution < -0.4 is 5.73 Å². The molecule has 1 aliphatic heterocycles. The van der Waals surface area contributed by atoms with Gasteiger partial charge in [0.25, 0.3) is 5.70 Å². The molecule has 76 valence electrons. The number of nitrogens with zero attached hydrogens (tertiary/aromatic N) is 2. The van der Waals surface area contributed by atoms with Crippen LogP contribution in [0.4, 0.5) is 0 Å². The Morgan fingerprint density at radius 3 is 3.07 bits per heavy atom. The first-order valence-corrected chi connectivity index (χ1v) is 4.41. The van der Waals surface area contributed by atoms with E-state index in [1.54, 1.807) is 6.08 Å². The van der Waals surface area contributed by atoms with Gasteiger partial charge in [-0.3, -0.25) is 15.1 Å². The quantitative estimate of drug-likeness (QED) is 0.401. The summed E-state index contributed by atoms with van der Waals surface area (Å²) in [5.74, 6) is 0.0486. The Balaban J connectivity index is 3.07. The van der Waals surface area contributed by atoms with E-state index in [-0.39, 0.29) is 18.2 Å². The minimum Gasteiger partial charge on any atom is -0.325 e. The van der Waals surface area contributed by atoms with Crippen LogP contribution in [-0.4, -0.2) is 23.7 Å². The van der Waals surface area contributed by atoms with Crippen molar-refractivity contribution in [2.24, 2.45) is 16.6 Å². The largest absolute Gasteiger partial charge is 0.325 e. The zero-order chi connectivity index (χ0) is 10.6. The maximum Gasteiger partial charge on any atom is 0.288 e. The Labute approximate surface area is 82.2 Å². The van der Waals surface area contributed by atoms with Crippen molar-refractivity contribution in [1.82, 2.24) is 0 Å². The van der Waals surface area contributed by atoms with E-state index in [4.69, 9.17) is 5.73 Å². The van der Waals surface area contributed by atoms with Gasteiger partial charge in [-0.15, -0.1) is 0 Å². The standard InChI is InChI=1S/C9H13N3O2/c1-7-3-2-4-11-8(6-10)9(5-7)12(13)14/h2-3,5,7H,4,6,10H2,1H3. The third-order valence-electron chi connectivity index (χ3n) is 1.93. The van der Waals surface area contributed by atoms with Gasteiger partial charge in [0.2, 0.25) is 0 Å². The maximum absolute atomic E-state index is 10.7. The number of rotatable bonds is 2. The van der Waals surface area contributed by atoms with Gasteiger partial charge in [0.1, 0.15) is 5.71 Å². The molecule has 0 saturated carbocycles. The molecule has 0 aromatic rings. The molecule has 0 radical (unpaired) electrons. The van der Waals surface area contributed by atoms with E-state index in [0.29, 0.717) is 12.3 Å². The molecule has 0 bridgehead atoms. The highest BCUT2D eigenvalue weighted by Crippen LogP contribution is 2.10. The zero-order valence-electron chi connectivity index (χ0n) is 8.01. The van der Waals surface area contributed by atoms with Crippen molar-refractivity contribution in [3.63, 3.8) is 0 Å². The predicted octanol–water partition coefficient (Wildman–Crippen LogP) is 0.753. The van der Waals surface area contributed by atoms with Crippen molar-refractivity contribution in [2.45, 2.75) is 6.92 Å². The third kappa shape index (κ3) is 2.50. The van der Waals surface area contributed by atoms with E-state index in [1.165, 1.54) is 0 Å². The van der Waals surface area contributed by atoms with Crippen LogP contribution >= 0.6 is 0 Å². The summed E-state index contributed by atoms with van der Waals surface area (Å²) in [4.78, 5) is 14.3. The highest BCUT2D eigenvalue weighted by Gasteiger charge is 2.19. The molecule has 5 heteroatoms. The maximum atomic E-state index is 10.7. The summed E-state index contributed by atoms with van der Waals surface area (Å²) in [6.45, 7) is 2.45. The third-order valence-corrected chi connectivity index (χ3v) is 1.93. The number of hydrogen-bond acceptors (Lipinski definition) is 4. The molecule has 1 unspecified atom stereocenters. The van der Waals surface area contributed by atoms with Crippen molar-refractivity contribution in [1.29, 1.82) is 0 Å². The van der Waals surface area contributed by atoms with E-state index >= 15 is 0 Å². The smallest absolute Gasteiger partial charge is 0.288 e. The summed E-state index contributed by atoms with van der Waals surface area (Å²) in [5.41, 5.74) is 5.80. The fraction of sp³-hybridized carbons (Fsp3) is 0.444. The Hall–Kier alpha value is -1.49. The van der Waals surface area contributed by atoms with Crippen molar-refractivity contribution < 1.29 is 4.92 Å². The summed E-state index contributed by atoms with van der Waals surface area (Å²) < 4.78 is 0. The summed E-state index contributed by atoms with van der Waals surface area (Å²) in [6.07, 6.45) is 5.34. The van der Waals surface area contributed by atoms with Crippen molar-refractivity contribution in [3.8, 4) is 0 Å². The number of allylic oxidation sites excluding steroid dienone is 2. The molecular formula is C9H13N3O2. The van der Waals surface area contributed by atoms with Crippen LogP contribution in [0.15, 0.2) is 28.9 Å². The van der Waals surface area contributed by atoms with Gasteiger partial charge in [-0.2, -0.15) is 0 Å². The van der Waals surface area contributed by atoms with E-state index in [2.05, 4.69) is 4.99 Å². The van der Waals surface area contributed by atoms with Crippen LogP contribution in [0, 0.1) is 16.0 Å². The van der Waals surface area contributed by atoms with Gasteiger partial charge in [-0.1, -0.05) is 19.1 Å². The molecule has 1 heterocycles. The molecule has 1 aliphatic rings. The molecule has 1 atom stereocenters. The average Bonchev–Trinajstić information content (AvgIpc) is 2.11. The van der Waals surface area contributed by atoms with Crippen molar-refractivity contribution in [2.75, 3.05) is 13.1 Å². The molecule has 2 N–H and O–H groups in total. The first-order valence-electron chi connectivity index (χ1n) is 4.41. The summed E-state index contributed by atoms with van der Waals surface area (Å²) in [7, 11) is 0. The lowest BCUT2D eigenvalue weighted by Crippen LogP contribution is -2.22. The number of aliphatic imine (C=N–C) groups is 1. The van der Waals surface area contributed by atoms with Crippen molar-refractivity contribution in [3.05, 3.63) is 34.0 Å². The predicted molar refractivity (Wildman–Crippen MR) is 54.7 cm³/mol. The minimum absolute atomic E-state index is 0.0318. The molecule has 0 amide bonds. The van der Waals surface area contributed by atoms with E-state index < -0.39 is 4.92 Å². The average molecular weight is 195 g/mol. The molecular weight excluding hydrogens is 182 g/mol. The van der Waals surface area contributed by atoms with Gasteiger partial charge in [-0.05, 0) is 5.92 Å². The second-order valence-corrected chi connectivity index (χ2v) is 3.09. The molecule has 14 heavy (non-hydrogen) atoms. The molecule has 5 nitrogen and oxygen atoms in total. The number of nitrogens with two attached hydrogens (primary N) is 1. The zero-order valence-corrected chi connectivity index (χ0v) is 8.01. The van der Waals surface area contributed by atoms with E-state index in [9.17, 15) is 10.1 Å². The lowest BCUT2D eigenvalue weighted by atomic mass is 10.1. The topological polar surface area (TPSA) is 81.5 Å². The fourth-order valence-electron chi connectivity index (χ4n) is 1.26. The van der Waals surface area contributed by atoms with Gasteiger partial charge in [0.05, 0.1) is 11.5 Å². The second-order valence-electron chi connectivity index (χ2n) is 3.09. The monoisotopic (exact) mass is 195 g/mol. The first-order chi connectivity index (χ1) is 6.65. The van der Waals surface area contributed by atoms with Gasteiger partial charge in [0.15, 0.2) is 0 Å². The van der Waals surface area contributed by atoms with Crippen LogP contribution in [0.25, 0.3) is 0 Å². The van der Waals surface area contributed by atoms with Crippen LogP contribution in [0.3, 0.4) is 0 Å². The van der Waals surface area contributed by atoms with Gasteiger partial charge in [-0.25, -0.2) is 0 Å². The Bertz CT molecular complexity index is 318. The van der Waals surface area contributed by atoms with Gasteiger partial charge >= 0.3 is 0 Å². The Morgan fingerprint density at radius 2 is 2.50 bits per heavy atom. The Kier molecular flexibility index (Phi) is 3.53. The molecule has 0 spiro atoms. The summed E-state index contributed by atoms with van der Waals surface area (Å²) in [6, 6.07) is 0. The second kappa shape index (κ2) is 4.66. The number of nitro groups is 1. The molecule has 0 saturated heterocycles. The molecule has 0 aromatic carbocycles. The molecule has 0 fully saturated rings. The SMILES string of the molecule is CC1C=CCN=C(CN)C([N+](=O)[O-])=C1. The molecule has 1 rings (SSSR count). The van der Waals surface area contributed by atoms with Crippen molar-refractivity contribution >= 4 is 5.71 Å². The highest BCUT2D eigenvalue weighted by atomic mass is 16.6.